The van der Waals surface area contributed by atoms with Crippen LogP contribution in [0.5, 0.6) is 5.75 Å². The molecule has 0 unspecified atom stereocenters. The third-order valence-corrected chi connectivity index (χ3v) is 9.90. The molecule has 2 saturated carbocycles. The minimum absolute atomic E-state index is 0.0480. The Morgan fingerprint density at radius 3 is 2.58 bits per heavy atom. The van der Waals surface area contributed by atoms with Crippen LogP contribution in [0.15, 0.2) is 54.6 Å². The van der Waals surface area contributed by atoms with Gasteiger partial charge in [-0.3, -0.25) is 24.0 Å². The van der Waals surface area contributed by atoms with E-state index in [1.807, 2.05) is 48.5 Å². The fourth-order valence-corrected chi connectivity index (χ4v) is 7.60. The van der Waals surface area contributed by atoms with Gasteiger partial charge in [0.15, 0.2) is 0 Å². The fourth-order valence-electron chi connectivity index (χ4n) is 7.60. The van der Waals surface area contributed by atoms with Crippen molar-refractivity contribution < 1.29 is 28.7 Å². The number of ketones is 2. The van der Waals surface area contributed by atoms with Crippen LogP contribution in [0.3, 0.4) is 0 Å². The SMILES string of the molecule is COc1cccc2[nH]c(C(=O)N3C[C@@H]4CCC[C@@H]4[C@H]3C(=O)N[C@@H](C[C@@H]3CCCC3=O)C(=O)C(=O)N(C)Cc3ccccc3)cc12. The number of aromatic amines is 1. The van der Waals surface area contributed by atoms with Crippen molar-refractivity contribution in [2.45, 2.75) is 63.6 Å². The molecule has 0 spiro atoms. The summed E-state index contributed by atoms with van der Waals surface area (Å²) in [5.41, 5.74) is 1.98. The molecule has 3 fully saturated rings. The monoisotopic (exact) mass is 612 g/mol. The molecular formula is C35H40N4O6. The predicted molar refractivity (Wildman–Crippen MR) is 167 cm³/mol. The maximum absolute atomic E-state index is 14.2. The first kappa shape index (κ1) is 30.6. The maximum Gasteiger partial charge on any atom is 0.292 e. The van der Waals surface area contributed by atoms with Gasteiger partial charge in [-0.1, -0.05) is 42.8 Å². The number of hydrogen-bond acceptors (Lipinski definition) is 6. The summed E-state index contributed by atoms with van der Waals surface area (Å²) in [5.74, 6) is -1.80. The Balaban J connectivity index is 1.24. The molecule has 10 heteroatoms. The van der Waals surface area contributed by atoms with Gasteiger partial charge in [-0.25, -0.2) is 0 Å². The van der Waals surface area contributed by atoms with Gasteiger partial charge in [0.25, 0.3) is 11.8 Å². The Hall–Kier alpha value is -4.47. The van der Waals surface area contributed by atoms with E-state index in [1.165, 1.54) is 4.90 Å². The lowest BCUT2D eigenvalue weighted by Crippen LogP contribution is -2.55. The van der Waals surface area contributed by atoms with Crippen molar-refractivity contribution in [3.63, 3.8) is 0 Å². The molecule has 3 aliphatic rings. The first-order valence-electron chi connectivity index (χ1n) is 15.9. The van der Waals surface area contributed by atoms with E-state index in [9.17, 15) is 24.0 Å². The van der Waals surface area contributed by atoms with Crippen LogP contribution in [0, 0.1) is 17.8 Å². The number of likely N-dealkylation sites (tertiary alicyclic amines) is 1. The van der Waals surface area contributed by atoms with Crippen molar-refractivity contribution in [3.05, 3.63) is 65.9 Å². The van der Waals surface area contributed by atoms with Gasteiger partial charge in [-0.2, -0.15) is 0 Å². The van der Waals surface area contributed by atoms with Crippen LogP contribution in [0.2, 0.25) is 0 Å². The molecular weight excluding hydrogens is 572 g/mol. The van der Waals surface area contributed by atoms with Gasteiger partial charge in [0.05, 0.1) is 13.2 Å². The van der Waals surface area contributed by atoms with Gasteiger partial charge < -0.3 is 24.8 Å². The quantitative estimate of drug-likeness (QED) is 0.335. The molecule has 3 aromatic rings. The average Bonchev–Trinajstić information content (AvgIpc) is 3.84. The number of aromatic nitrogens is 1. The molecule has 236 valence electrons. The highest BCUT2D eigenvalue weighted by atomic mass is 16.5. The Bertz CT molecular complexity index is 1620. The van der Waals surface area contributed by atoms with Crippen molar-refractivity contribution in [1.82, 2.24) is 20.1 Å². The molecule has 10 nitrogen and oxygen atoms in total. The number of amides is 3. The van der Waals surface area contributed by atoms with Crippen LogP contribution in [0.1, 0.15) is 61.0 Å². The second kappa shape index (κ2) is 12.9. The van der Waals surface area contributed by atoms with Crippen molar-refractivity contribution >= 4 is 40.2 Å². The molecule has 2 aromatic carbocycles. The number of hydrogen-bond donors (Lipinski definition) is 2. The third-order valence-electron chi connectivity index (χ3n) is 9.90. The van der Waals surface area contributed by atoms with Gasteiger partial charge >= 0.3 is 0 Å². The van der Waals surface area contributed by atoms with E-state index in [4.69, 9.17) is 4.74 Å². The highest BCUT2D eigenvalue weighted by Gasteiger charge is 2.50. The molecule has 2 heterocycles. The van der Waals surface area contributed by atoms with E-state index < -0.39 is 35.6 Å². The summed E-state index contributed by atoms with van der Waals surface area (Å²) in [5, 5.41) is 3.66. The highest BCUT2D eigenvalue weighted by molar-refractivity contribution is 6.38. The van der Waals surface area contributed by atoms with Crippen LogP contribution in [0.4, 0.5) is 0 Å². The number of ether oxygens (including phenoxy) is 1. The lowest BCUT2D eigenvalue weighted by Gasteiger charge is -2.29. The number of Topliss-reactive ketones (excluding diaryl/α,β-unsaturated/α-hetero) is 2. The van der Waals surface area contributed by atoms with Gasteiger partial charge in [0.2, 0.25) is 11.7 Å². The third kappa shape index (κ3) is 6.10. The van der Waals surface area contributed by atoms with Gasteiger partial charge in [-0.05, 0) is 67.7 Å². The van der Waals surface area contributed by atoms with E-state index >= 15 is 0 Å². The largest absolute Gasteiger partial charge is 0.496 e. The van der Waals surface area contributed by atoms with Crippen molar-refractivity contribution in [2.24, 2.45) is 17.8 Å². The van der Waals surface area contributed by atoms with Crippen LogP contribution in [-0.2, 0) is 25.7 Å². The number of likely N-dealkylation sites (N-methyl/N-ethyl adjacent to an activating group) is 1. The molecule has 0 radical (unpaired) electrons. The summed E-state index contributed by atoms with van der Waals surface area (Å²) in [7, 11) is 3.13. The summed E-state index contributed by atoms with van der Waals surface area (Å²) >= 11 is 0. The summed E-state index contributed by atoms with van der Waals surface area (Å²) in [6, 6.07) is 14.7. The first-order chi connectivity index (χ1) is 21.7. The van der Waals surface area contributed by atoms with Crippen molar-refractivity contribution in [3.8, 4) is 5.75 Å². The first-order valence-corrected chi connectivity index (χ1v) is 15.9. The predicted octanol–water partition coefficient (Wildman–Crippen LogP) is 3.89. The van der Waals surface area contributed by atoms with Crippen LogP contribution >= 0.6 is 0 Å². The number of carbonyl (C=O) groups is 5. The molecule has 1 aromatic heterocycles. The van der Waals surface area contributed by atoms with E-state index in [0.717, 1.165) is 42.1 Å². The van der Waals surface area contributed by atoms with E-state index in [-0.39, 0.29) is 36.5 Å². The lowest BCUT2D eigenvalue weighted by atomic mass is 9.91. The molecule has 5 atom stereocenters. The molecule has 3 amide bonds. The minimum atomic E-state index is -1.16. The zero-order chi connectivity index (χ0) is 31.7. The zero-order valence-electron chi connectivity index (χ0n) is 25.8. The molecule has 2 aliphatic carbocycles. The minimum Gasteiger partial charge on any atom is -0.496 e. The summed E-state index contributed by atoms with van der Waals surface area (Å²) in [6.45, 7) is 0.672. The molecule has 6 rings (SSSR count). The van der Waals surface area contributed by atoms with Gasteiger partial charge in [0.1, 0.15) is 23.3 Å². The number of fused-ring (bicyclic) bond motifs is 2. The average molecular weight is 613 g/mol. The number of H-pyrrole nitrogens is 1. The van der Waals surface area contributed by atoms with Crippen LogP contribution < -0.4 is 10.1 Å². The molecule has 1 saturated heterocycles. The zero-order valence-corrected chi connectivity index (χ0v) is 25.8. The summed E-state index contributed by atoms with van der Waals surface area (Å²) < 4.78 is 5.47. The number of carbonyl (C=O) groups excluding carboxylic acids is 5. The number of nitrogens with one attached hydrogen (secondary N) is 2. The van der Waals surface area contributed by atoms with E-state index in [0.29, 0.717) is 30.8 Å². The second-order valence-corrected chi connectivity index (χ2v) is 12.7. The van der Waals surface area contributed by atoms with Gasteiger partial charge in [0, 0.05) is 43.4 Å². The van der Waals surface area contributed by atoms with Crippen molar-refractivity contribution in [1.29, 1.82) is 0 Å². The Morgan fingerprint density at radius 2 is 1.84 bits per heavy atom. The Morgan fingerprint density at radius 1 is 1.04 bits per heavy atom. The number of benzene rings is 2. The number of rotatable bonds is 10. The molecule has 0 bridgehead atoms. The van der Waals surface area contributed by atoms with Gasteiger partial charge in [-0.15, -0.1) is 0 Å². The second-order valence-electron chi connectivity index (χ2n) is 12.7. The Labute approximate surface area is 262 Å². The molecule has 1 aliphatic heterocycles. The Kier molecular flexibility index (Phi) is 8.74. The highest BCUT2D eigenvalue weighted by Crippen LogP contribution is 2.43. The van der Waals surface area contributed by atoms with Crippen LogP contribution in [0.25, 0.3) is 10.9 Å². The topological polar surface area (TPSA) is 129 Å². The fraction of sp³-hybridized carbons (Fsp3) is 0.457. The maximum atomic E-state index is 14.2. The van der Waals surface area contributed by atoms with Crippen LogP contribution in [-0.4, -0.2) is 76.9 Å². The summed E-state index contributed by atoms with van der Waals surface area (Å²) in [6.07, 6.45) is 4.54. The van der Waals surface area contributed by atoms with Crippen molar-refractivity contribution in [2.75, 3.05) is 20.7 Å². The normalized spacial score (nSPS) is 23.2. The number of methoxy groups -OCH3 is 1. The summed E-state index contributed by atoms with van der Waals surface area (Å²) in [4.78, 5) is 74.0. The molecule has 45 heavy (non-hydrogen) atoms. The number of nitrogens with zero attached hydrogens (tertiary/aromatic N) is 2. The lowest BCUT2D eigenvalue weighted by molar-refractivity contribution is -0.146. The standard InChI is InChI=1S/C35H40N4O6/c1-38(19-21-9-4-3-5-10-21)35(44)32(41)27(17-22-11-7-15-29(22)40)37-33(42)31-24-13-6-12-23(24)20-39(31)34(43)28-18-25-26(36-28)14-8-16-30(25)45-2/h3-5,8-10,14,16,18,22-24,27,31,36H,6-7,11-13,15,17,19-20H2,1-2H3,(H,37,42)/t22-,23-,24-,27-,31-/m0/s1. The smallest absolute Gasteiger partial charge is 0.292 e. The van der Waals surface area contributed by atoms with E-state index in [1.54, 1.807) is 25.1 Å². The van der Waals surface area contributed by atoms with E-state index in [2.05, 4.69) is 10.3 Å². The molecule has 2 N–H and O–H groups in total.